The molecule has 0 saturated carbocycles. The van der Waals surface area contributed by atoms with E-state index < -0.39 is 25.2 Å². The van der Waals surface area contributed by atoms with Gasteiger partial charge in [-0.1, -0.05) is 0 Å². The Bertz CT molecular complexity index is 418. The summed E-state index contributed by atoms with van der Waals surface area (Å²) in [5.41, 5.74) is 0.255. The van der Waals surface area contributed by atoms with Crippen molar-refractivity contribution in [3.63, 3.8) is 0 Å². The second kappa shape index (κ2) is 5.03. The van der Waals surface area contributed by atoms with Crippen LogP contribution in [0.1, 0.15) is 22.5 Å². The molecule has 4 nitrogen and oxygen atoms in total. The highest BCUT2D eigenvalue weighted by molar-refractivity contribution is 5.85. The van der Waals surface area contributed by atoms with Crippen molar-refractivity contribution in [1.82, 2.24) is 4.98 Å². The van der Waals surface area contributed by atoms with Crippen LogP contribution in [-0.2, 0) is 0 Å². The average molecular weight is 249 g/mol. The molecule has 0 aliphatic rings. The van der Waals surface area contributed by atoms with Crippen LogP contribution in [-0.4, -0.2) is 28.8 Å². The Hall–Kier alpha value is -1.79. The topological polar surface area (TPSA) is 59.4 Å². The molecule has 94 valence electrons. The third-order valence-corrected chi connectivity index (χ3v) is 1.92. The number of aromatic nitrogens is 1. The molecule has 0 unspecified atom stereocenters. The van der Waals surface area contributed by atoms with Crippen molar-refractivity contribution < 1.29 is 27.8 Å². The highest BCUT2D eigenvalue weighted by atomic mass is 19.4. The SMILES string of the molecule is Cc1cc(C(=O)O)ncc1OCCC(F)(F)F. The fourth-order valence-electron chi connectivity index (χ4n) is 1.09. The number of hydrogen-bond acceptors (Lipinski definition) is 3. The molecule has 0 aliphatic heterocycles. The van der Waals surface area contributed by atoms with Gasteiger partial charge in [0.15, 0.2) is 0 Å². The van der Waals surface area contributed by atoms with Crippen LogP contribution in [0.15, 0.2) is 12.3 Å². The van der Waals surface area contributed by atoms with Crippen LogP contribution in [0, 0.1) is 6.92 Å². The van der Waals surface area contributed by atoms with Gasteiger partial charge < -0.3 is 9.84 Å². The van der Waals surface area contributed by atoms with Crippen LogP contribution in [0.5, 0.6) is 5.75 Å². The molecule has 0 spiro atoms. The number of halogens is 3. The minimum Gasteiger partial charge on any atom is -0.491 e. The van der Waals surface area contributed by atoms with Crippen molar-refractivity contribution in [3.05, 3.63) is 23.5 Å². The van der Waals surface area contributed by atoms with E-state index in [9.17, 15) is 18.0 Å². The lowest BCUT2D eigenvalue weighted by Gasteiger charge is -2.10. The van der Waals surface area contributed by atoms with Crippen LogP contribution in [0.4, 0.5) is 13.2 Å². The van der Waals surface area contributed by atoms with Gasteiger partial charge in [-0.15, -0.1) is 0 Å². The molecule has 0 aromatic carbocycles. The molecule has 0 bridgehead atoms. The third-order valence-electron chi connectivity index (χ3n) is 1.92. The molecule has 0 atom stereocenters. The summed E-state index contributed by atoms with van der Waals surface area (Å²) in [7, 11) is 0. The molecule has 0 amide bonds. The van der Waals surface area contributed by atoms with E-state index in [2.05, 4.69) is 4.98 Å². The van der Waals surface area contributed by atoms with E-state index in [1.165, 1.54) is 13.0 Å². The van der Waals surface area contributed by atoms with Gasteiger partial charge in [0.25, 0.3) is 0 Å². The molecular weight excluding hydrogens is 239 g/mol. The molecule has 17 heavy (non-hydrogen) atoms. The Morgan fingerprint density at radius 2 is 2.18 bits per heavy atom. The van der Waals surface area contributed by atoms with Gasteiger partial charge in [-0.2, -0.15) is 13.2 Å². The molecular formula is C10H10F3NO3. The minimum atomic E-state index is -4.28. The summed E-state index contributed by atoms with van der Waals surface area (Å²) in [5, 5.41) is 8.63. The molecule has 1 rings (SSSR count). The largest absolute Gasteiger partial charge is 0.491 e. The number of alkyl halides is 3. The molecule has 1 heterocycles. The maximum Gasteiger partial charge on any atom is 0.392 e. The summed E-state index contributed by atoms with van der Waals surface area (Å²) in [6.07, 6.45) is -4.23. The zero-order valence-electron chi connectivity index (χ0n) is 8.91. The average Bonchev–Trinajstić information content (AvgIpc) is 2.18. The highest BCUT2D eigenvalue weighted by Gasteiger charge is 2.27. The van der Waals surface area contributed by atoms with Crippen molar-refractivity contribution in [1.29, 1.82) is 0 Å². The Labute approximate surface area is 95.0 Å². The lowest BCUT2D eigenvalue weighted by molar-refractivity contribution is -0.139. The molecule has 1 N–H and O–H groups in total. The van der Waals surface area contributed by atoms with Gasteiger partial charge in [-0.25, -0.2) is 9.78 Å². The van der Waals surface area contributed by atoms with E-state index >= 15 is 0 Å². The van der Waals surface area contributed by atoms with E-state index in [0.717, 1.165) is 6.20 Å². The summed E-state index contributed by atoms with van der Waals surface area (Å²) in [4.78, 5) is 14.1. The third kappa shape index (κ3) is 4.29. The predicted octanol–water partition coefficient (Wildman–Crippen LogP) is 2.42. The maximum atomic E-state index is 11.9. The fourth-order valence-corrected chi connectivity index (χ4v) is 1.09. The number of ether oxygens (including phenoxy) is 1. The van der Waals surface area contributed by atoms with Crippen molar-refractivity contribution in [2.75, 3.05) is 6.61 Å². The number of carbonyl (C=O) groups is 1. The zero-order valence-corrected chi connectivity index (χ0v) is 8.91. The standard InChI is InChI=1S/C10H10F3NO3/c1-6-4-7(9(15)16)14-5-8(6)17-3-2-10(11,12)13/h4-5H,2-3H2,1H3,(H,15,16). The van der Waals surface area contributed by atoms with Gasteiger partial charge in [0.1, 0.15) is 11.4 Å². The van der Waals surface area contributed by atoms with E-state index in [-0.39, 0.29) is 11.4 Å². The number of carboxylic acids is 1. The van der Waals surface area contributed by atoms with E-state index in [0.29, 0.717) is 5.56 Å². The fraction of sp³-hybridized carbons (Fsp3) is 0.400. The minimum absolute atomic E-state index is 0.152. The number of nitrogens with zero attached hydrogens (tertiary/aromatic N) is 1. The number of rotatable bonds is 4. The van der Waals surface area contributed by atoms with Gasteiger partial charge in [-0.05, 0) is 18.6 Å². The summed E-state index contributed by atoms with van der Waals surface area (Å²) in [5.74, 6) is -1.05. The summed E-state index contributed by atoms with van der Waals surface area (Å²) < 4.78 is 40.4. The summed E-state index contributed by atoms with van der Waals surface area (Å²) in [6, 6.07) is 1.24. The van der Waals surface area contributed by atoms with Gasteiger partial charge in [0, 0.05) is 0 Å². The smallest absolute Gasteiger partial charge is 0.392 e. The van der Waals surface area contributed by atoms with E-state index in [4.69, 9.17) is 9.84 Å². The lowest BCUT2D eigenvalue weighted by Crippen LogP contribution is -2.13. The number of hydrogen-bond donors (Lipinski definition) is 1. The van der Waals surface area contributed by atoms with Gasteiger partial charge in [0.05, 0.1) is 19.2 Å². The van der Waals surface area contributed by atoms with E-state index in [1.54, 1.807) is 0 Å². The lowest BCUT2D eigenvalue weighted by atomic mass is 10.2. The van der Waals surface area contributed by atoms with Crippen LogP contribution < -0.4 is 4.74 Å². The maximum absolute atomic E-state index is 11.9. The van der Waals surface area contributed by atoms with Crippen molar-refractivity contribution >= 4 is 5.97 Å². The van der Waals surface area contributed by atoms with Gasteiger partial charge in [0.2, 0.25) is 0 Å². The molecule has 7 heteroatoms. The van der Waals surface area contributed by atoms with Crippen LogP contribution in [0.3, 0.4) is 0 Å². The van der Waals surface area contributed by atoms with Crippen LogP contribution in [0.25, 0.3) is 0 Å². The Kier molecular flexibility index (Phi) is 3.93. The Morgan fingerprint density at radius 3 is 2.65 bits per heavy atom. The van der Waals surface area contributed by atoms with Crippen LogP contribution >= 0.6 is 0 Å². The molecule has 1 aromatic rings. The number of pyridine rings is 1. The quantitative estimate of drug-likeness (QED) is 0.890. The first kappa shape index (κ1) is 13.3. The van der Waals surface area contributed by atoms with Crippen molar-refractivity contribution in [3.8, 4) is 5.75 Å². The van der Waals surface area contributed by atoms with Crippen molar-refractivity contribution in [2.24, 2.45) is 0 Å². The normalized spacial score (nSPS) is 11.3. The second-order valence-corrected chi connectivity index (χ2v) is 3.35. The number of aromatic carboxylic acids is 1. The molecule has 0 radical (unpaired) electrons. The predicted molar refractivity (Wildman–Crippen MR) is 52.1 cm³/mol. The van der Waals surface area contributed by atoms with Crippen LogP contribution in [0.2, 0.25) is 0 Å². The molecule has 0 aliphatic carbocycles. The van der Waals surface area contributed by atoms with Crippen molar-refractivity contribution in [2.45, 2.75) is 19.5 Å². The second-order valence-electron chi connectivity index (χ2n) is 3.35. The Morgan fingerprint density at radius 1 is 1.53 bits per heavy atom. The first-order valence-electron chi connectivity index (χ1n) is 4.69. The zero-order chi connectivity index (χ0) is 13.1. The number of aryl methyl sites for hydroxylation is 1. The Balaban J connectivity index is 2.64. The molecule has 0 fully saturated rings. The van der Waals surface area contributed by atoms with Gasteiger partial charge >= 0.3 is 12.1 Å². The first-order chi connectivity index (χ1) is 7.79. The number of carboxylic acid groups (broad SMARTS) is 1. The van der Waals surface area contributed by atoms with Gasteiger partial charge in [-0.3, -0.25) is 0 Å². The first-order valence-corrected chi connectivity index (χ1v) is 4.69. The summed E-state index contributed by atoms with van der Waals surface area (Å²) >= 11 is 0. The molecule has 0 saturated heterocycles. The summed E-state index contributed by atoms with van der Waals surface area (Å²) in [6.45, 7) is 1.02. The van der Waals surface area contributed by atoms with E-state index in [1.807, 2.05) is 0 Å². The molecule has 1 aromatic heterocycles. The highest BCUT2D eigenvalue weighted by Crippen LogP contribution is 2.22. The monoisotopic (exact) mass is 249 g/mol.